The molecule has 2 aromatic rings. The lowest BCUT2D eigenvalue weighted by atomic mass is 10.1. The molecule has 1 heterocycles. The van der Waals surface area contributed by atoms with Crippen LogP contribution in [0.25, 0.3) is 0 Å². The van der Waals surface area contributed by atoms with Gasteiger partial charge in [0.2, 0.25) is 5.91 Å². The number of benzene rings is 1. The first-order valence-electron chi connectivity index (χ1n) is 6.32. The van der Waals surface area contributed by atoms with Crippen LogP contribution in [0.1, 0.15) is 17.3 Å². The summed E-state index contributed by atoms with van der Waals surface area (Å²) in [5.41, 5.74) is 1.51. The number of carbonyl (C=O) groups excluding carboxylic acids is 1. The number of rotatable bonds is 4. The van der Waals surface area contributed by atoms with Gasteiger partial charge in [0, 0.05) is 13.2 Å². The summed E-state index contributed by atoms with van der Waals surface area (Å²) in [4.78, 5) is 17.8. The van der Waals surface area contributed by atoms with E-state index in [1.165, 1.54) is 4.90 Å². The van der Waals surface area contributed by atoms with Crippen molar-refractivity contribution in [2.75, 3.05) is 7.05 Å². The Morgan fingerprint density at radius 1 is 1.25 bits per heavy atom. The van der Waals surface area contributed by atoms with E-state index in [4.69, 9.17) is 0 Å². The normalized spacial score (nSPS) is 11.4. The molecular weight excluding hydrogens is 250 g/mol. The molecule has 0 saturated carbocycles. The number of nitrogens with zero attached hydrogens (tertiary/aromatic N) is 3. The Morgan fingerprint density at radius 2 is 1.95 bits per heavy atom. The second-order valence-corrected chi connectivity index (χ2v) is 4.45. The van der Waals surface area contributed by atoms with E-state index in [-0.39, 0.29) is 12.3 Å². The summed E-state index contributed by atoms with van der Waals surface area (Å²) < 4.78 is 0. The minimum Gasteiger partial charge on any atom is -0.324 e. The first kappa shape index (κ1) is 13.8. The zero-order valence-corrected chi connectivity index (χ0v) is 11.2. The van der Waals surface area contributed by atoms with Gasteiger partial charge in [0.15, 0.2) is 6.04 Å². The summed E-state index contributed by atoms with van der Waals surface area (Å²) in [6, 6.07) is 16.3. The lowest BCUT2D eigenvalue weighted by molar-refractivity contribution is -0.130. The largest absolute Gasteiger partial charge is 0.324 e. The fourth-order valence-corrected chi connectivity index (χ4v) is 1.93. The van der Waals surface area contributed by atoms with Crippen molar-refractivity contribution in [3.8, 4) is 6.07 Å². The van der Waals surface area contributed by atoms with Crippen molar-refractivity contribution >= 4 is 5.91 Å². The topological polar surface area (TPSA) is 57.0 Å². The maximum Gasteiger partial charge on any atom is 0.228 e. The molecule has 0 bridgehead atoms. The van der Waals surface area contributed by atoms with Crippen molar-refractivity contribution in [3.63, 3.8) is 0 Å². The van der Waals surface area contributed by atoms with Crippen LogP contribution in [0, 0.1) is 11.3 Å². The van der Waals surface area contributed by atoms with Crippen LogP contribution in [0.2, 0.25) is 0 Å². The van der Waals surface area contributed by atoms with E-state index in [1.807, 2.05) is 36.4 Å². The third-order valence-electron chi connectivity index (χ3n) is 3.07. The highest BCUT2D eigenvalue weighted by molar-refractivity contribution is 5.79. The molecule has 4 nitrogen and oxygen atoms in total. The summed E-state index contributed by atoms with van der Waals surface area (Å²) in [6.45, 7) is 0. The van der Waals surface area contributed by atoms with E-state index in [2.05, 4.69) is 11.1 Å². The van der Waals surface area contributed by atoms with Crippen LogP contribution < -0.4 is 0 Å². The predicted molar refractivity (Wildman–Crippen MR) is 75.5 cm³/mol. The van der Waals surface area contributed by atoms with Crippen molar-refractivity contribution in [1.29, 1.82) is 5.26 Å². The van der Waals surface area contributed by atoms with E-state index < -0.39 is 6.04 Å². The Kier molecular flexibility index (Phi) is 4.46. The van der Waals surface area contributed by atoms with Crippen LogP contribution in [0.3, 0.4) is 0 Å². The highest BCUT2D eigenvalue weighted by atomic mass is 16.2. The molecule has 0 spiro atoms. The standard InChI is InChI=1S/C16H15N3O/c1-19(15(12-17)14-9-5-6-10-18-14)16(20)11-13-7-3-2-4-8-13/h2-10,15H,11H2,1H3. The minimum absolute atomic E-state index is 0.103. The van der Waals surface area contributed by atoms with E-state index >= 15 is 0 Å². The maximum absolute atomic E-state index is 12.2. The van der Waals surface area contributed by atoms with Crippen LogP contribution in [0.5, 0.6) is 0 Å². The zero-order valence-electron chi connectivity index (χ0n) is 11.2. The molecule has 0 fully saturated rings. The molecule has 0 saturated heterocycles. The molecule has 20 heavy (non-hydrogen) atoms. The highest BCUT2D eigenvalue weighted by Gasteiger charge is 2.22. The SMILES string of the molecule is CN(C(=O)Cc1ccccc1)C(C#N)c1ccccn1. The number of nitriles is 1. The van der Waals surface area contributed by atoms with Gasteiger partial charge < -0.3 is 4.90 Å². The van der Waals surface area contributed by atoms with Gasteiger partial charge in [-0.3, -0.25) is 9.78 Å². The van der Waals surface area contributed by atoms with Crippen LogP contribution >= 0.6 is 0 Å². The summed E-state index contributed by atoms with van der Waals surface area (Å²) in [5, 5.41) is 9.28. The third kappa shape index (κ3) is 3.21. The van der Waals surface area contributed by atoms with Crippen LogP contribution in [-0.4, -0.2) is 22.8 Å². The van der Waals surface area contributed by atoms with Gasteiger partial charge in [-0.2, -0.15) is 5.26 Å². The molecule has 0 N–H and O–H groups in total. The highest BCUT2D eigenvalue weighted by Crippen LogP contribution is 2.17. The van der Waals surface area contributed by atoms with Gasteiger partial charge in [-0.05, 0) is 17.7 Å². The molecule has 1 aromatic carbocycles. The molecule has 0 aliphatic carbocycles. The molecular formula is C16H15N3O. The molecule has 1 unspecified atom stereocenters. The lowest BCUT2D eigenvalue weighted by Gasteiger charge is -2.22. The Balaban J connectivity index is 2.11. The third-order valence-corrected chi connectivity index (χ3v) is 3.07. The Labute approximate surface area is 118 Å². The smallest absolute Gasteiger partial charge is 0.228 e. The van der Waals surface area contributed by atoms with Crippen molar-refractivity contribution in [1.82, 2.24) is 9.88 Å². The monoisotopic (exact) mass is 265 g/mol. The number of likely N-dealkylation sites (N-methyl/N-ethyl adjacent to an activating group) is 1. The molecule has 1 atom stereocenters. The molecule has 100 valence electrons. The molecule has 0 aliphatic heterocycles. The Bertz CT molecular complexity index is 605. The lowest BCUT2D eigenvalue weighted by Crippen LogP contribution is -2.32. The number of hydrogen-bond acceptors (Lipinski definition) is 3. The van der Waals surface area contributed by atoms with E-state index in [0.29, 0.717) is 5.69 Å². The molecule has 1 aromatic heterocycles. The Hall–Kier alpha value is -2.67. The van der Waals surface area contributed by atoms with Crippen LogP contribution in [0.15, 0.2) is 54.7 Å². The van der Waals surface area contributed by atoms with E-state index in [0.717, 1.165) is 5.56 Å². The van der Waals surface area contributed by atoms with E-state index in [9.17, 15) is 10.1 Å². The summed E-state index contributed by atoms with van der Waals surface area (Å²) in [6.07, 6.45) is 1.90. The minimum atomic E-state index is -0.660. The second-order valence-electron chi connectivity index (χ2n) is 4.45. The molecule has 2 rings (SSSR count). The fraction of sp³-hybridized carbons (Fsp3) is 0.188. The Morgan fingerprint density at radius 3 is 2.55 bits per heavy atom. The van der Waals surface area contributed by atoms with E-state index in [1.54, 1.807) is 25.4 Å². The molecule has 1 amide bonds. The fourth-order valence-electron chi connectivity index (χ4n) is 1.93. The van der Waals surface area contributed by atoms with Crippen molar-refractivity contribution in [3.05, 3.63) is 66.0 Å². The van der Waals surface area contributed by atoms with Gasteiger partial charge in [0.05, 0.1) is 18.2 Å². The van der Waals surface area contributed by atoms with Gasteiger partial charge in [0.25, 0.3) is 0 Å². The summed E-state index contributed by atoms with van der Waals surface area (Å²) in [7, 11) is 1.63. The number of carbonyl (C=O) groups is 1. The molecule has 0 aliphatic rings. The average Bonchev–Trinajstić information content (AvgIpc) is 2.50. The second kappa shape index (κ2) is 6.48. The van der Waals surface area contributed by atoms with Gasteiger partial charge in [0.1, 0.15) is 0 Å². The number of amides is 1. The van der Waals surface area contributed by atoms with Gasteiger partial charge in [-0.25, -0.2) is 0 Å². The summed E-state index contributed by atoms with van der Waals surface area (Å²) >= 11 is 0. The van der Waals surface area contributed by atoms with Gasteiger partial charge in [-0.1, -0.05) is 36.4 Å². The molecule has 0 radical (unpaired) electrons. The maximum atomic E-state index is 12.2. The first-order chi connectivity index (χ1) is 9.72. The van der Waals surface area contributed by atoms with Crippen LogP contribution in [-0.2, 0) is 11.2 Å². The number of aromatic nitrogens is 1. The van der Waals surface area contributed by atoms with Crippen molar-refractivity contribution in [2.24, 2.45) is 0 Å². The van der Waals surface area contributed by atoms with Crippen molar-refractivity contribution in [2.45, 2.75) is 12.5 Å². The average molecular weight is 265 g/mol. The van der Waals surface area contributed by atoms with Crippen molar-refractivity contribution < 1.29 is 4.79 Å². The predicted octanol–water partition coefficient (Wildman–Crippen LogP) is 2.35. The van der Waals surface area contributed by atoms with Gasteiger partial charge >= 0.3 is 0 Å². The summed E-state index contributed by atoms with van der Waals surface area (Å²) in [5.74, 6) is -0.103. The van der Waals surface area contributed by atoms with Crippen LogP contribution in [0.4, 0.5) is 0 Å². The zero-order chi connectivity index (χ0) is 14.4. The first-order valence-corrected chi connectivity index (χ1v) is 6.32. The molecule has 4 heteroatoms. The van der Waals surface area contributed by atoms with Gasteiger partial charge in [-0.15, -0.1) is 0 Å². The number of hydrogen-bond donors (Lipinski definition) is 0. The number of pyridine rings is 1. The quantitative estimate of drug-likeness (QED) is 0.852.